The standard InChI is InChI=1S/C22H25N5O3S/c1-13(2)17-12-19(30-26-17)22(29)27-10-5-4-9-18(27)20(28)23-16-8-6-7-15(11-16)21-25-24-14(3)31-21/h6-8,11-13,18H,4-5,9-10H2,1-3H3,(H,23,28). The molecular weight excluding hydrogens is 414 g/mol. The van der Waals surface area contributed by atoms with Crippen molar-refractivity contribution in [1.82, 2.24) is 20.3 Å². The van der Waals surface area contributed by atoms with Gasteiger partial charge in [-0.15, -0.1) is 10.2 Å². The molecule has 1 fully saturated rings. The van der Waals surface area contributed by atoms with Crippen LogP contribution < -0.4 is 5.32 Å². The van der Waals surface area contributed by atoms with Gasteiger partial charge >= 0.3 is 0 Å². The number of piperidine rings is 1. The van der Waals surface area contributed by atoms with Gasteiger partial charge in [-0.2, -0.15) is 0 Å². The molecule has 1 aromatic carbocycles. The number of benzene rings is 1. The number of amides is 2. The highest BCUT2D eigenvalue weighted by molar-refractivity contribution is 7.14. The maximum Gasteiger partial charge on any atom is 0.293 e. The van der Waals surface area contributed by atoms with Crippen molar-refractivity contribution in [2.75, 3.05) is 11.9 Å². The van der Waals surface area contributed by atoms with Crippen molar-refractivity contribution >= 4 is 28.8 Å². The monoisotopic (exact) mass is 439 g/mol. The molecule has 0 aliphatic carbocycles. The van der Waals surface area contributed by atoms with E-state index in [9.17, 15) is 9.59 Å². The maximum absolute atomic E-state index is 13.1. The van der Waals surface area contributed by atoms with Gasteiger partial charge in [-0.1, -0.05) is 42.5 Å². The summed E-state index contributed by atoms with van der Waals surface area (Å²) in [5, 5.41) is 16.8. The lowest BCUT2D eigenvalue weighted by atomic mass is 10.0. The second-order valence-electron chi connectivity index (χ2n) is 7.98. The lowest BCUT2D eigenvalue weighted by Crippen LogP contribution is -2.49. The van der Waals surface area contributed by atoms with Crippen LogP contribution in [-0.4, -0.2) is 44.7 Å². The Morgan fingerprint density at radius 1 is 1.23 bits per heavy atom. The molecule has 4 rings (SSSR count). The summed E-state index contributed by atoms with van der Waals surface area (Å²) in [5.41, 5.74) is 2.28. The molecule has 1 aliphatic heterocycles. The summed E-state index contributed by atoms with van der Waals surface area (Å²) in [7, 11) is 0. The van der Waals surface area contributed by atoms with Crippen LogP contribution in [0.5, 0.6) is 0 Å². The fraction of sp³-hybridized carbons (Fsp3) is 0.409. The zero-order valence-electron chi connectivity index (χ0n) is 17.8. The molecule has 1 unspecified atom stereocenters. The van der Waals surface area contributed by atoms with E-state index in [1.54, 1.807) is 11.0 Å². The van der Waals surface area contributed by atoms with E-state index in [2.05, 4.69) is 20.7 Å². The Bertz CT molecular complexity index is 1090. The van der Waals surface area contributed by atoms with Crippen LogP contribution in [0.25, 0.3) is 10.6 Å². The van der Waals surface area contributed by atoms with Crippen molar-refractivity contribution in [3.05, 3.63) is 46.8 Å². The molecule has 2 aromatic heterocycles. The normalized spacial score (nSPS) is 16.5. The Hall–Kier alpha value is -3.07. The second kappa shape index (κ2) is 8.97. The quantitative estimate of drug-likeness (QED) is 0.637. The molecule has 3 heterocycles. The number of carbonyl (C=O) groups is 2. The predicted molar refractivity (Wildman–Crippen MR) is 118 cm³/mol. The van der Waals surface area contributed by atoms with Crippen molar-refractivity contribution in [3.63, 3.8) is 0 Å². The number of hydrogen-bond donors (Lipinski definition) is 1. The van der Waals surface area contributed by atoms with Gasteiger partial charge in [-0.05, 0) is 44.2 Å². The molecule has 3 aromatic rings. The average Bonchev–Trinajstić information content (AvgIpc) is 3.43. The SMILES string of the molecule is Cc1nnc(-c2cccc(NC(=O)C3CCCCN3C(=O)c3cc(C(C)C)no3)c2)s1. The first-order chi connectivity index (χ1) is 14.9. The molecule has 162 valence electrons. The Morgan fingerprint density at radius 2 is 2.06 bits per heavy atom. The topological polar surface area (TPSA) is 101 Å². The van der Waals surface area contributed by atoms with Gasteiger partial charge in [0.15, 0.2) is 0 Å². The summed E-state index contributed by atoms with van der Waals surface area (Å²) in [6.45, 7) is 6.39. The fourth-order valence-electron chi connectivity index (χ4n) is 3.62. The van der Waals surface area contributed by atoms with Gasteiger partial charge in [0.05, 0.1) is 5.69 Å². The maximum atomic E-state index is 13.1. The molecule has 0 saturated carbocycles. The number of aryl methyl sites for hydroxylation is 1. The zero-order chi connectivity index (χ0) is 22.0. The Balaban J connectivity index is 1.50. The van der Waals surface area contributed by atoms with Crippen LogP contribution in [0.1, 0.15) is 60.3 Å². The van der Waals surface area contributed by atoms with E-state index in [-0.39, 0.29) is 23.5 Å². The number of carbonyl (C=O) groups excluding carboxylic acids is 2. The van der Waals surface area contributed by atoms with Crippen molar-refractivity contribution in [2.24, 2.45) is 0 Å². The molecule has 1 aliphatic rings. The van der Waals surface area contributed by atoms with Crippen LogP contribution in [0.15, 0.2) is 34.9 Å². The van der Waals surface area contributed by atoms with E-state index >= 15 is 0 Å². The number of anilines is 1. The zero-order valence-corrected chi connectivity index (χ0v) is 18.6. The summed E-state index contributed by atoms with van der Waals surface area (Å²) in [6, 6.07) is 8.62. The summed E-state index contributed by atoms with van der Waals surface area (Å²) >= 11 is 1.50. The van der Waals surface area contributed by atoms with E-state index in [0.717, 1.165) is 34.1 Å². The molecule has 0 radical (unpaired) electrons. The third-order valence-electron chi connectivity index (χ3n) is 5.30. The average molecular weight is 440 g/mol. The predicted octanol–water partition coefficient (Wildman–Crippen LogP) is 4.26. The first-order valence-corrected chi connectivity index (χ1v) is 11.2. The van der Waals surface area contributed by atoms with E-state index < -0.39 is 6.04 Å². The van der Waals surface area contributed by atoms with Gasteiger partial charge in [0.1, 0.15) is 16.1 Å². The fourth-order valence-corrected chi connectivity index (χ4v) is 4.31. The lowest BCUT2D eigenvalue weighted by molar-refractivity contribution is -0.121. The molecule has 9 heteroatoms. The smallest absolute Gasteiger partial charge is 0.293 e. The first-order valence-electron chi connectivity index (χ1n) is 10.4. The number of hydrogen-bond acceptors (Lipinski definition) is 7. The number of aromatic nitrogens is 3. The lowest BCUT2D eigenvalue weighted by Gasteiger charge is -2.34. The largest absolute Gasteiger partial charge is 0.351 e. The third kappa shape index (κ3) is 4.66. The van der Waals surface area contributed by atoms with Gasteiger partial charge in [-0.3, -0.25) is 9.59 Å². The van der Waals surface area contributed by atoms with Crippen molar-refractivity contribution in [1.29, 1.82) is 0 Å². The molecule has 31 heavy (non-hydrogen) atoms. The van der Waals surface area contributed by atoms with E-state index in [0.29, 0.717) is 18.7 Å². The number of rotatable bonds is 5. The Labute approximate surface area is 184 Å². The summed E-state index contributed by atoms with van der Waals surface area (Å²) < 4.78 is 5.27. The molecule has 0 spiro atoms. The number of nitrogens with zero attached hydrogens (tertiary/aromatic N) is 4. The molecule has 2 amide bonds. The van der Waals surface area contributed by atoms with Crippen LogP contribution in [-0.2, 0) is 4.79 Å². The molecule has 0 bridgehead atoms. The van der Waals surface area contributed by atoms with Gasteiger partial charge in [0.25, 0.3) is 5.91 Å². The van der Waals surface area contributed by atoms with E-state index in [1.165, 1.54) is 11.3 Å². The van der Waals surface area contributed by atoms with Gasteiger partial charge < -0.3 is 14.7 Å². The summed E-state index contributed by atoms with van der Waals surface area (Å²) in [5.74, 6) is -0.161. The van der Waals surface area contributed by atoms with Crippen LogP contribution >= 0.6 is 11.3 Å². The van der Waals surface area contributed by atoms with Crippen molar-refractivity contribution in [2.45, 2.75) is 52.0 Å². The van der Waals surface area contributed by atoms with Crippen LogP contribution in [0, 0.1) is 6.92 Å². The molecule has 1 N–H and O–H groups in total. The minimum Gasteiger partial charge on any atom is -0.351 e. The van der Waals surface area contributed by atoms with E-state index in [4.69, 9.17) is 4.52 Å². The van der Waals surface area contributed by atoms with Crippen LogP contribution in [0.4, 0.5) is 5.69 Å². The van der Waals surface area contributed by atoms with E-state index in [1.807, 2.05) is 45.0 Å². The highest BCUT2D eigenvalue weighted by atomic mass is 32.1. The van der Waals surface area contributed by atoms with Crippen LogP contribution in [0.2, 0.25) is 0 Å². The molecule has 1 saturated heterocycles. The number of nitrogens with one attached hydrogen (secondary N) is 1. The summed E-state index contributed by atoms with van der Waals surface area (Å²) in [4.78, 5) is 27.7. The van der Waals surface area contributed by atoms with Crippen LogP contribution in [0.3, 0.4) is 0 Å². The number of likely N-dealkylation sites (tertiary alicyclic amines) is 1. The van der Waals surface area contributed by atoms with Gasteiger partial charge in [0, 0.05) is 23.9 Å². The van der Waals surface area contributed by atoms with Crippen molar-refractivity contribution < 1.29 is 14.1 Å². The Morgan fingerprint density at radius 3 is 2.77 bits per heavy atom. The molecule has 8 nitrogen and oxygen atoms in total. The third-order valence-corrected chi connectivity index (χ3v) is 6.19. The highest BCUT2D eigenvalue weighted by Crippen LogP contribution is 2.27. The molecular formula is C22H25N5O3S. The van der Waals surface area contributed by atoms with Gasteiger partial charge in [0.2, 0.25) is 11.7 Å². The summed E-state index contributed by atoms with van der Waals surface area (Å²) in [6.07, 6.45) is 2.35. The van der Waals surface area contributed by atoms with Gasteiger partial charge in [-0.25, -0.2) is 0 Å². The second-order valence-corrected chi connectivity index (χ2v) is 9.16. The molecule has 1 atom stereocenters. The highest BCUT2D eigenvalue weighted by Gasteiger charge is 2.34. The first kappa shape index (κ1) is 21.2. The van der Waals surface area contributed by atoms with Crippen molar-refractivity contribution in [3.8, 4) is 10.6 Å². The Kier molecular flexibility index (Phi) is 6.13. The minimum absolute atomic E-state index is 0.162. The minimum atomic E-state index is -0.554.